The van der Waals surface area contributed by atoms with Gasteiger partial charge in [-0.3, -0.25) is 9.78 Å². The minimum absolute atomic E-state index is 0.125. The monoisotopic (exact) mass is 547 g/mol. The fourth-order valence-electron chi connectivity index (χ4n) is 5.20. The molecule has 6 rings (SSSR count). The highest BCUT2D eigenvalue weighted by Crippen LogP contribution is 2.39. The number of pyridine rings is 1. The van der Waals surface area contributed by atoms with E-state index in [1.54, 1.807) is 15.6 Å². The zero-order valence-corrected chi connectivity index (χ0v) is 24.4. The third kappa shape index (κ3) is 5.08. The molecule has 2 aromatic carbocycles. The van der Waals surface area contributed by atoms with E-state index in [9.17, 15) is 4.79 Å². The molecule has 0 saturated carbocycles. The molecule has 4 heterocycles. The zero-order valence-electron chi connectivity index (χ0n) is 23.4. The Kier molecular flexibility index (Phi) is 6.81. The Balaban J connectivity index is 1.37. The van der Waals surface area contributed by atoms with Crippen LogP contribution in [-0.4, -0.2) is 45.1 Å². The minimum atomic E-state index is -1.16. The lowest BCUT2D eigenvalue weighted by Crippen LogP contribution is -2.23. The lowest BCUT2D eigenvalue weighted by molar-refractivity contribution is 0.0787. The Morgan fingerprint density at radius 3 is 2.58 bits per heavy atom. The molecule has 0 saturated heterocycles. The van der Waals surface area contributed by atoms with Crippen molar-refractivity contribution in [1.82, 2.24) is 24.5 Å². The molecule has 1 aliphatic rings. The molecule has 0 atom stereocenters. The average Bonchev–Trinajstić information content (AvgIpc) is 3.56. The summed E-state index contributed by atoms with van der Waals surface area (Å²) >= 11 is 0. The Morgan fingerprint density at radius 1 is 0.950 bits per heavy atom. The fourth-order valence-corrected chi connectivity index (χ4v) is 5.95. The predicted molar refractivity (Wildman–Crippen MR) is 162 cm³/mol. The largest absolute Gasteiger partial charge is 0.360 e. The summed E-state index contributed by atoms with van der Waals surface area (Å²) in [6.45, 7) is 10.2. The quantitative estimate of drug-likeness (QED) is 0.155. The van der Waals surface area contributed by atoms with Gasteiger partial charge in [0.05, 0.1) is 11.2 Å². The van der Waals surface area contributed by atoms with Crippen LogP contribution in [0.25, 0.3) is 39.0 Å². The maximum atomic E-state index is 14.0. The van der Waals surface area contributed by atoms with Crippen LogP contribution < -0.4 is 0 Å². The van der Waals surface area contributed by atoms with E-state index < -0.39 is 8.07 Å². The summed E-state index contributed by atoms with van der Waals surface area (Å²) in [4.78, 5) is 18.5. The topological polar surface area (TPSA) is 74.8 Å². The molecule has 0 fully saturated rings. The first-order valence-corrected chi connectivity index (χ1v) is 17.4. The van der Waals surface area contributed by atoms with Crippen LogP contribution in [0.5, 0.6) is 0 Å². The van der Waals surface area contributed by atoms with Crippen molar-refractivity contribution in [2.24, 2.45) is 0 Å². The van der Waals surface area contributed by atoms with Crippen molar-refractivity contribution in [3.8, 4) is 22.5 Å². The standard InChI is InChI=1S/C32H33N5O2Si/c1-22-19-28-30(23-9-6-5-7-10-23)31(27-14-16-36(34-27)21-39-17-18-40(2,3)4)35-37(28)32(38)29(22)25-12-13-26-24(20-25)11-8-15-33-26/h5-16,20H,17-19,21H2,1-4H3. The van der Waals surface area contributed by atoms with Gasteiger partial charge in [-0.05, 0) is 48.4 Å². The third-order valence-electron chi connectivity index (χ3n) is 7.30. The number of carbonyl (C=O) groups excluding carboxylic acids is 1. The van der Waals surface area contributed by atoms with Crippen LogP contribution in [0.1, 0.15) is 23.0 Å². The summed E-state index contributed by atoms with van der Waals surface area (Å²) in [5.41, 5.74) is 7.76. The molecule has 3 aromatic heterocycles. The Bertz CT molecular complexity index is 1740. The second-order valence-corrected chi connectivity index (χ2v) is 17.2. The van der Waals surface area contributed by atoms with Crippen molar-refractivity contribution < 1.29 is 9.53 Å². The SMILES string of the molecule is CC1=C(c2ccc3ncccc3c2)C(=O)n2nc(-c3ccn(COCC[Si](C)(C)C)n3)c(-c3ccccc3)c2C1. The molecular formula is C32H33N5O2Si. The van der Waals surface area contributed by atoms with E-state index in [1.807, 2.05) is 67.7 Å². The van der Waals surface area contributed by atoms with Gasteiger partial charge < -0.3 is 4.74 Å². The lowest BCUT2D eigenvalue weighted by Gasteiger charge is -2.20. The maximum absolute atomic E-state index is 14.0. The molecule has 0 N–H and O–H groups in total. The van der Waals surface area contributed by atoms with E-state index in [-0.39, 0.29) is 5.91 Å². The number of hydrogen-bond donors (Lipinski definition) is 0. The van der Waals surface area contributed by atoms with E-state index in [4.69, 9.17) is 14.9 Å². The zero-order chi connectivity index (χ0) is 27.9. The first-order valence-electron chi connectivity index (χ1n) is 13.7. The molecule has 40 heavy (non-hydrogen) atoms. The molecule has 202 valence electrons. The van der Waals surface area contributed by atoms with Crippen LogP contribution in [0.4, 0.5) is 0 Å². The third-order valence-corrected chi connectivity index (χ3v) is 9.01. The van der Waals surface area contributed by atoms with Gasteiger partial charge in [0.2, 0.25) is 0 Å². The Labute approximate surface area is 235 Å². The smallest absolute Gasteiger partial charge is 0.279 e. The fraction of sp³-hybridized carbons (Fsp3) is 0.250. The highest BCUT2D eigenvalue weighted by Gasteiger charge is 2.32. The van der Waals surface area contributed by atoms with Gasteiger partial charge in [-0.1, -0.05) is 67.7 Å². The molecule has 0 amide bonds. The lowest BCUT2D eigenvalue weighted by atomic mass is 9.90. The molecule has 0 spiro atoms. The van der Waals surface area contributed by atoms with E-state index in [2.05, 4.69) is 36.8 Å². The number of aromatic nitrogens is 5. The second-order valence-electron chi connectivity index (χ2n) is 11.6. The summed E-state index contributed by atoms with van der Waals surface area (Å²) < 4.78 is 9.29. The van der Waals surface area contributed by atoms with Crippen LogP contribution in [0, 0.1) is 0 Å². The number of nitrogens with zero attached hydrogens (tertiary/aromatic N) is 5. The van der Waals surface area contributed by atoms with E-state index in [0.717, 1.165) is 57.2 Å². The van der Waals surface area contributed by atoms with Crippen molar-refractivity contribution in [2.75, 3.05) is 6.61 Å². The number of hydrogen-bond acceptors (Lipinski definition) is 5. The van der Waals surface area contributed by atoms with Crippen molar-refractivity contribution in [1.29, 1.82) is 0 Å². The molecular weight excluding hydrogens is 514 g/mol. The highest BCUT2D eigenvalue weighted by molar-refractivity contribution is 6.76. The van der Waals surface area contributed by atoms with Gasteiger partial charge >= 0.3 is 0 Å². The van der Waals surface area contributed by atoms with Crippen LogP contribution in [0.2, 0.25) is 25.7 Å². The summed E-state index contributed by atoms with van der Waals surface area (Å²) in [6, 6.07) is 23.1. The van der Waals surface area contributed by atoms with Gasteiger partial charge in [0.15, 0.2) is 0 Å². The average molecular weight is 548 g/mol. The maximum Gasteiger partial charge on any atom is 0.279 e. The van der Waals surface area contributed by atoms with Crippen molar-refractivity contribution in [3.63, 3.8) is 0 Å². The van der Waals surface area contributed by atoms with Gasteiger partial charge in [-0.25, -0.2) is 4.68 Å². The van der Waals surface area contributed by atoms with Gasteiger partial charge in [0.1, 0.15) is 18.1 Å². The molecule has 0 radical (unpaired) electrons. The summed E-state index contributed by atoms with van der Waals surface area (Å²) in [5.74, 6) is -0.125. The molecule has 0 unspecified atom stereocenters. The summed E-state index contributed by atoms with van der Waals surface area (Å²) in [7, 11) is -1.16. The number of allylic oxidation sites excluding steroid dienone is 2. The number of fused-ring (bicyclic) bond motifs is 2. The number of ether oxygens (including phenoxy) is 1. The molecule has 7 nitrogen and oxygen atoms in total. The molecule has 0 aliphatic carbocycles. The normalized spacial score (nSPS) is 13.8. The van der Waals surface area contributed by atoms with Gasteiger partial charge in [0.25, 0.3) is 5.91 Å². The first kappa shape index (κ1) is 26.1. The number of rotatable bonds is 8. The van der Waals surface area contributed by atoms with Crippen LogP contribution in [-0.2, 0) is 17.9 Å². The highest BCUT2D eigenvalue weighted by atomic mass is 28.3. The van der Waals surface area contributed by atoms with Crippen molar-refractivity contribution >= 4 is 30.5 Å². The number of benzene rings is 2. The molecule has 8 heteroatoms. The van der Waals surface area contributed by atoms with Gasteiger partial charge in [0, 0.05) is 50.0 Å². The van der Waals surface area contributed by atoms with Gasteiger partial charge in [-0.15, -0.1) is 0 Å². The van der Waals surface area contributed by atoms with Gasteiger partial charge in [-0.2, -0.15) is 14.9 Å². The predicted octanol–water partition coefficient (Wildman–Crippen LogP) is 6.94. The molecule has 5 aromatic rings. The Morgan fingerprint density at radius 2 is 1.77 bits per heavy atom. The summed E-state index contributed by atoms with van der Waals surface area (Å²) in [6.07, 6.45) is 4.31. The van der Waals surface area contributed by atoms with E-state index >= 15 is 0 Å². The molecule has 0 bridgehead atoms. The van der Waals surface area contributed by atoms with Crippen LogP contribution in [0.3, 0.4) is 0 Å². The van der Waals surface area contributed by atoms with Crippen molar-refractivity contribution in [3.05, 3.63) is 96.0 Å². The van der Waals surface area contributed by atoms with Crippen molar-refractivity contribution in [2.45, 2.75) is 45.8 Å². The van der Waals surface area contributed by atoms with E-state index in [0.29, 0.717) is 24.4 Å². The number of carbonyl (C=O) groups is 1. The summed E-state index contributed by atoms with van der Waals surface area (Å²) in [5, 5.41) is 10.7. The minimum Gasteiger partial charge on any atom is -0.360 e. The second kappa shape index (κ2) is 10.4. The van der Waals surface area contributed by atoms with E-state index in [1.165, 1.54) is 0 Å². The van der Waals surface area contributed by atoms with Crippen LogP contribution >= 0.6 is 0 Å². The Hall–Kier alpha value is -4.14. The van der Waals surface area contributed by atoms with Crippen LogP contribution in [0.15, 0.2) is 84.7 Å². The molecule has 1 aliphatic heterocycles. The first-order chi connectivity index (χ1) is 19.3.